The normalized spacial score (nSPS) is 16.5. The van der Waals surface area contributed by atoms with Gasteiger partial charge in [0.25, 0.3) is 0 Å². The first kappa shape index (κ1) is 14.9. The number of ether oxygens (including phenoxy) is 2. The Hall–Kier alpha value is -2.62. The average Bonchev–Trinajstić information content (AvgIpc) is 2.61. The Morgan fingerprint density at radius 3 is 2.92 bits per heavy atom. The largest absolute Gasteiger partial charge is 0.457 e. The molecule has 0 amide bonds. The Bertz CT molecular complexity index is 825. The maximum atomic E-state index is 12.5. The minimum Gasteiger partial charge on any atom is -0.457 e. The van der Waals surface area contributed by atoms with Crippen molar-refractivity contribution in [3.63, 3.8) is 0 Å². The van der Waals surface area contributed by atoms with Crippen molar-refractivity contribution in [1.29, 1.82) is 0 Å². The Balaban J connectivity index is 1.77. The van der Waals surface area contributed by atoms with Crippen molar-refractivity contribution >= 4 is 17.2 Å². The predicted octanol–water partition coefficient (Wildman–Crippen LogP) is 4.66. The number of carbonyl (C=O) groups is 1. The number of fused-ring (bicyclic) bond motifs is 3. The number of carbonyl (C=O) groups excluding carboxylic acids is 1. The van der Waals surface area contributed by atoms with Gasteiger partial charge in [0.05, 0.1) is 12.1 Å². The van der Waals surface area contributed by atoms with Crippen LogP contribution in [0.25, 0.3) is 0 Å². The minimum absolute atomic E-state index is 0.0921. The maximum absolute atomic E-state index is 12.5. The highest BCUT2D eigenvalue weighted by Crippen LogP contribution is 2.39. The lowest BCUT2D eigenvalue weighted by atomic mass is 9.84. The van der Waals surface area contributed by atoms with Crippen LogP contribution in [0.3, 0.4) is 0 Å². The van der Waals surface area contributed by atoms with Gasteiger partial charge < -0.3 is 9.47 Å². The molecular formula is C20H19NO3. The molecule has 4 rings (SSSR count). The first-order valence-corrected chi connectivity index (χ1v) is 8.35. The number of para-hydroxylation sites is 1. The fraction of sp³-hybridized carbons (Fsp3) is 0.300. The first-order chi connectivity index (χ1) is 11.8. The van der Waals surface area contributed by atoms with E-state index in [4.69, 9.17) is 14.5 Å². The van der Waals surface area contributed by atoms with Crippen LogP contribution >= 0.6 is 0 Å². The van der Waals surface area contributed by atoms with Crippen molar-refractivity contribution < 1.29 is 14.3 Å². The van der Waals surface area contributed by atoms with Gasteiger partial charge in [0, 0.05) is 28.8 Å². The number of hydrogen-bond acceptors (Lipinski definition) is 4. The number of Topliss-reactive ketones (excluding diaryl/α,β-unsaturated/α-hetero) is 1. The summed E-state index contributed by atoms with van der Waals surface area (Å²) in [6, 6.07) is 13.5. The van der Waals surface area contributed by atoms with Crippen LogP contribution in [-0.4, -0.2) is 18.3 Å². The summed E-state index contributed by atoms with van der Waals surface area (Å²) in [5.41, 5.74) is 3.52. The van der Waals surface area contributed by atoms with Crippen LogP contribution in [0, 0.1) is 0 Å². The van der Waals surface area contributed by atoms with Crippen LogP contribution in [0.5, 0.6) is 11.5 Å². The lowest BCUT2D eigenvalue weighted by molar-refractivity contribution is 0.0996. The van der Waals surface area contributed by atoms with Crippen LogP contribution in [0.4, 0.5) is 5.69 Å². The molecule has 1 atom stereocenters. The van der Waals surface area contributed by atoms with E-state index in [0.29, 0.717) is 6.42 Å². The lowest BCUT2D eigenvalue weighted by Crippen LogP contribution is -2.22. The summed E-state index contributed by atoms with van der Waals surface area (Å²) in [4.78, 5) is 17.3. The standard InChI is InChI=1S/C20H19NO3/c1-2-5-14(15-9-8-13-10-20(15)24-12-23-13)18-11-19(22)16-6-3-4-7-17(16)21-18/h3-4,6-10,14H,2,5,11-12H2,1H3. The number of rotatable bonds is 4. The molecule has 0 N–H and O–H groups in total. The molecular weight excluding hydrogens is 302 g/mol. The van der Waals surface area contributed by atoms with E-state index < -0.39 is 0 Å². The van der Waals surface area contributed by atoms with Gasteiger partial charge in [-0.1, -0.05) is 31.5 Å². The van der Waals surface area contributed by atoms with Crippen LogP contribution in [-0.2, 0) is 0 Å². The molecule has 0 spiro atoms. The number of hydrogen-bond donors (Lipinski definition) is 0. The van der Waals surface area contributed by atoms with Crippen molar-refractivity contribution in [3.8, 4) is 11.5 Å². The van der Waals surface area contributed by atoms with Crippen molar-refractivity contribution in [1.82, 2.24) is 0 Å². The second-order valence-corrected chi connectivity index (χ2v) is 6.17. The first-order valence-electron chi connectivity index (χ1n) is 8.35. The topological polar surface area (TPSA) is 47.9 Å². The zero-order valence-electron chi connectivity index (χ0n) is 13.6. The fourth-order valence-electron chi connectivity index (χ4n) is 3.43. The SMILES string of the molecule is CCCC(C1=Nc2ccccc2C(=O)C1)c1ccc2cc1OCO2. The quantitative estimate of drug-likeness (QED) is 0.823. The van der Waals surface area contributed by atoms with Crippen molar-refractivity contribution in [2.75, 3.05) is 6.79 Å². The molecule has 2 aromatic rings. The molecule has 4 nitrogen and oxygen atoms in total. The third-order valence-electron chi connectivity index (χ3n) is 4.59. The van der Waals surface area contributed by atoms with Crippen LogP contribution in [0.1, 0.15) is 48.0 Å². The van der Waals surface area contributed by atoms with E-state index in [2.05, 4.69) is 6.92 Å². The summed E-state index contributed by atoms with van der Waals surface area (Å²) in [5.74, 6) is 1.90. The highest BCUT2D eigenvalue weighted by Gasteiger charge is 2.28. The van der Waals surface area contributed by atoms with E-state index in [-0.39, 0.29) is 18.5 Å². The summed E-state index contributed by atoms with van der Waals surface area (Å²) < 4.78 is 11.0. The molecule has 0 saturated heterocycles. The molecule has 0 radical (unpaired) electrons. The molecule has 0 fully saturated rings. The highest BCUT2D eigenvalue weighted by atomic mass is 16.7. The average molecular weight is 321 g/mol. The molecule has 122 valence electrons. The zero-order chi connectivity index (χ0) is 16.5. The maximum Gasteiger partial charge on any atom is 0.230 e. The van der Waals surface area contributed by atoms with Gasteiger partial charge in [0.1, 0.15) is 11.5 Å². The van der Waals surface area contributed by atoms with Gasteiger partial charge in [-0.3, -0.25) is 9.79 Å². The molecule has 24 heavy (non-hydrogen) atoms. The van der Waals surface area contributed by atoms with Crippen LogP contribution in [0.15, 0.2) is 47.5 Å². The van der Waals surface area contributed by atoms with Gasteiger partial charge >= 0.3 is 0 Å². The summed E-state index contributed by atoms with van der Waals surface area (Å²) >= 11 is 0. The Kier molecular flexibility index (Phi) is 3.81. The van der Waals surface area contributed by atoms with Gasteiger partial charge in [-0.05, 0) is 24.6 Å². The second-order valence-electron chi connectivity index (χ2n) is 6.17. The number of benzene rings is 2. The second kappa shape index (κ2) is 6.11. The van der Waals surface area contributed by atoms with Crippen LogP contribution < -0.4 is 9.47 Å². The van der Waals surface area contributed by atoms with Crippen molar-refractivity contribution in [2.24, 2.45) is 4.99 Å². The Morgan fingerprint density at radius 2 is 2.04 bits per heavy atom. The summed E-state index contributed by atoms with van der Waals surface area (Å²) in [5, 5.41) is 0. The number of ketones is 1. The summed E-state index contributed by atoms with van der Waals surface area (Å²) in [6.07, 6.45) is 2.32. The van der Waals surface area contributed by atoms with E-state index in [1.54, 1.807) is 0 Å². The lowest BCUT2D eigenvalue weighted by Gasteiger charge is -2.26. The van der Waals surface area contributed by atoms with Gasteiger partial charge in [0.2, 0.25) is 6.79 Å². The highest BCUT2D eigenvalue weighted by molar-refractivity contribution is 6.17. The summed E-state index contributed by atoms with van der Waals surface area (Å²) in [7, 11) is 0. The monoisotopic (exact) mass is 321 g/mol. The predicted molar refractivity (Wildman–Crippen MR) is 92.7 cm³/mol. The van der Waals surface area contributed by atoms with Gasteiger partial charge in [-0.15, -0.1) is 0 Å². The third kappa shape index (κ3) is 2.58. The van der Waals surface area contributed by atoms with Gasteiger partial charge in [-0.25, -0.2) is 0 Å². The number of aliphatic imine (C=N–C) groups is 1. The molecule has 2 bridgehead atoms. The Morgan fingerprint density at radius 1 is 1.17 bits per heavy atom. The molecule has 2 heterocycles. The third-order valence-corrected chi connectivity index (χ3v) is 4.59. The van der Waals surface area contributed by atoms with Gasteiger partial charge in [-0.2, -0.15) is 0 Å². The summed E-state index contributed by atoms with van der Waals surface area (Å²) in [6.45, 7) is 2.39. The number of nitrogens with zero attached hydrogens (tertiary/aromatic N) is 1. The molecule has 2 aliphatic rings. The van der Waals surface area contributed by atoms with E-state index >= 15 is 0 Å². The van der Waals surface area contributed by atoms with E-state index in [1.165, 1.54) is 0 Å². The van der Waals surface area contributed by atoms with Gasteiger partial charge in [0.15, 0.2) is 5.78 Å². The van der Waals surface area contributed by atoms with E-state index in [0.717, 1.165) is 46.9 Å². The molecule has 2 aliphatic heterocycles. The smallest absolute Gasteiger partial charge is 0.230 e. The van der Waals surface area contributed by atoms with E-state index in [9.17, 15) is 4.79 Å². The molecule has 0 aliphatic carbocycles. The molecule has 4 heteroatoms. The zero-order valence-corrected chi connectivity index (χ0v) is 13.6. The minimum atomic E-state index is 0.0921. The van der Waals surface area contributed by atoms with Crippen LogP contribution in [0.2, 0.25) is 0 Å². The molecule has 0 aromatic heterocycles. The van der Waals surface area contributed by atoms with E-state index in [1.807, 2.05) is 42.5 Å². The fourth-order valence-corrected chi connectivity index (χ4v) is 3.43. The molecule has 2 aromatic carbocycles. The molecule has 1 unspecified atom stereocenters. The van der Waals surface area contributed by atoms with Crippen molar-refractivity contribution in [3.05, 3.63) is 53.6 Å². The molecule has 0 saturated carbocycles. The Labute approximate surface area is 141 Å². The van der Waals surface area contributed by atoms with Crippen molar-refractivity contribution in [2.45, 2.75) is 32.1 Å².